The van der Waals surface area contributed by atoms with Crippen molar-refractivity contribution in [3.8, 4) is 17.0 Å². The first kappa shape index (κ1) is 15.2. The molecule has 0 amide bonds. The van der Waals surface area contributed by atoms with Crippen molar-refractivity contribution < 1.29 is 9.47 Å². The molecule has 2 aromatic heterocycles. The molecule has 4 rings (SSSR count). The molecule has 2 atom stereocenters. The Hall–Kier alpha value is -2.34. The lowest BCUT2D eigenvalue weighted by Gasteiger charge is -2.16. The lowest BCUT2D eigenvalue weighted by atomic mass is 10.1. The van der Waals surface area contributed by atoms with Crippen LogP contribution in [0.2, 0.25) is 0 Å². The lowest BCUT2D eigenvalue weighted by Crippen LogP contribution is -2.15. The Morgan fingerprint density at radius 3 is 3.12 bits per heavy atom. The second kappa shape index (κ2) is 6.28. The molecule has 0 saturated heterocycles. The van der Waals surface area contributed by atoms with Crippen LogP contribution in [-0.2, 0) is 4.74 Å². The van der Waals surface area contributed by atoms with Gasteiger partial charge in [0.1, 0.15) is 11.4 Å². The van der Waals surface area contributed by atoms with E-state index in [2.05, 4.69) is 35.2 Å². The molecule has 24 heavy (non-hydrogen) atoms. The van der Waals surface area contributed by atoms with Gasteiger partial charge in [0.2, 0.25) is 0 Å². The molecule has 6 heteroatoms. The number of nitrogens with one attached hydrogen (secondary N) is 1. The molecule has 3 aromatic rings. The summed E-state index contributed by atoms with van der Waals surface area (Å²) in [6.07, 6.45) is 5.99. The molecule has 1 aliphatic rings. The normalized spacial score (nSPS) is 22.1. The quantitative estimate of drug-likeness (QED) is 0.686. The molecular weight excluding hydrogens is 304 g/mol. The molecule has 0 fully saturated rings. The van der Waals surface area contributed by atoms with Gasteiger partial charge >= 0.3 is 0 Å². The molecule has 6 nitrogen and oxygen atoms in total. The molecule has 0 spiro atoms. The summed E-state index contributed by atoms with van der Waals surface area (Å²) in [6.45, 7) is 5.61. The largest absolute Gasteiger partial charge is 0.491 e. The highest BCUT2D eigenvalue weighted by Crippen LogP contribution is 2.30. The number of rotatable bonds is 0. The van der Waals surface area contributed by atoms with E-state index in [0.717, 1.165) is 47.4 Å². The van der Waals surface area contributed by atoms with Crippen LogP contribution in [0.1, 0.15) is 32.7 Å². The van der Waals surface area contributed by atoms with Gasteiger partial charge in [0.15, 0.2) is 0 Å². The summed E-state index contributed by atoms with van der Waals surface area (Å²) in [4.78, 5) is 0. The van der Waals surface area contributed by atoms with Crippen LogP contribution in [0, 0.1) is 0 Å². The van der Waals surface area contributed by atoms with E-state index in [4.69, 9.17) is 9.47 Å². The zero-order valence-electron chi connectivity index (χ0n) is 14.0. The predicted octanol–water partition coefficient (Wildman–Crippen LogP) is 3.57. The molecular formula is C18H22N4O2. The fourth-order valence-corrected chi connectivity index (χ4v) is 3.08. The number of aromatic amines is 1. The first-order valence-corrected chi connectivity index (χ1v) is 8.48. The van der Waals surface area contributed by atoms with E-state index in [-0.39, 0.29) is 12.1 Å². The monoisotopic (exact) mass is 326 g/mol. The maximum atomic E-state index is 6.06. The molecule has 0 saturated carbocycles. The average Bonchev–Trinajstić information content (AvgIpc) is 3.19. The predicted molar refractivity (Wildman–Crippen MR) is 92.2 cm³/mol. The Bertz CT molecular complexity index is 839. The number of nitrogens with zero attached hydrogens (tertiary/aromatic N) is 3. The van der Waals surface area contributed by atoms with E-state index in [1.165, 1.54) is 0 Å². The number of hydrogen-bond acceptors (Lipinski definition) is 4. The molecule has 0 aliphatic carbocycles. The van der Waals surface area contributed by atoms with E-state index < -0.39 is 0 Å². The third kappa shape index (κ3) is 2.89. The molecule has 4 bridgehead atoms. The van der Waals surface area contributed by atoms with Crippen molar-refractivity contribution >= 4 is 10.9 Å². The van der Waals surface area contributed by atoms with Crippen molar-refractivity contribution in [3.05, 3.63) is 30.6 Å². The van der Waals surface area contributed by atoms with E-state index in [1.54, 1.807) is 0 Å². The highest BCUT2D eigenvalue weighted by atomic mass is 16.5. The number of H-pyrrole nitrogens is 1. The molecule has 126 valence electrons. The van der Waals surface area contributed by atoms with Crippen LogP contribution >= 0.6 is 0 Å². The summed E-state index contributed by atoms with van der Waals surface area (Å²) in [5.74, 6) is 0.870. The summed E-state index contributed by atoms with van der Waals surface area (Å²) in [6, 6.07) is 6.25. The standard InChI is InChI=1S/C18H22N4O2/c1-12-11-23-7-3-4-13(2)24-15-5-6-17-16(8-15)18(21-20-17)14-9-19-22(12)10-14/h5-6,8-10,12-13H,3-4,7,11H2,1-2H3,(H,20,21)/t12-,13-/m1/s1. The summed E-state index contributed by atoms with van der Waals surface area (Å²) in [7, 11) is 0. The van der Waals surface area contributed by atoms with E-state index in [0.29, 0.717) is 6.61 Å². The minimum atomic E-state index is 0.157. The molecule has 1 N–H and O–H groups in total. The Morgan fingerprint density at radius 2 is 2.21 bits per heavy atom. The van der Waals surface area contributed by atoms with Gasteiger partial charge in [-0.3, -0.25) is 9.78 Å². The molecule has 1 aromatic carbocycles. The van der Waals surface area contributed by atoms with Gasteiger partial charge in [-0.1, -0.05) is 0 Å². The van der Waals surface area contributed by atoms with Crippen molar-refractivity contribution in [1.82, 2.24) is 20.0 Å². The van der Waals surface area contributed by atoms with Gasteiger partial charge in [0.05, 0.1) is 30.5 Å². The number of hydrogen-bond donors (Lipinski definition) is 1. The Kier molecular flexibility index (Phi) is 3.98. The number of ether oxygens (including phenoxy) is 2. The first-order valence-electron chi connectivity index (χ1n) is 8.48. The van der Waals surface area contributed by atoms with Crippen molar-refractivity contribution in [3.63, 3.8) is 0 Å². The van der Waals surface area contributed by atoms with Crippen LogP contribution < -0.4 is 4.74 Å². The second-order valence-corrected chi connectivity index (χ2v) is 6.48. The minimum Gasteiger partial charge on any atom is -0.491 e. The van der Waals surface area contributed by atoms with Crippen LogP contribution in [0.4, 0.5) is 0 Å². The first-order chi connectivity index (χ1) is 11.7. The van der Waals surface area contributed by atoms with Gasteiger partial charge < -0.3 is 9.47 Å². The fourth-order valence-electron chi connectivity index (χ4n) is 3.08. The van der Waals surface area contributed by atoms with E-state index in [1.807, 2.05) is 29.2 Å². The van der Waals surface area contributed by atoms with Crippen LogP contribution in [0.3, 0.4) is 0 Å². The van der Waals surface area contributed by atoms with Crippen molar-refractivity contribution in [1.29, 1.82) is 0 Å². The third-order valence-corrected chi connectivity index (χ3v) is 4.46. The van der Waals surface area contributed by atoms with Gasteiger partial charge in [0, 0.05) is 23.8 Å². The molecule has 0 radical (unpaired) electrons. The number of fused-ring (bicyclic) bond motifs is 4. The van der Waals surface area contributed by atoms with Gasteiger partial charge in [-0.2, -0.15) is 10.2 Å². The van der Waals surface area contributed by atoms with Crippen molar-refractivity contribution in [2.45, 2.75) is 38.8 Å². The van der Waals surface area contributed by atoms with Crippen LogP contribution in [0.25, 0.3) is 22.2 Å². The number of aromatic nitrogens is 4. The van der Waals surface area contributed by atoms with Crippen LogP contribution in [-0.4, -0.2) is 39.3 Å². The number of benzene rings is 1. The van der Waals surface area contributed by atoms with Crippen LogP contribution in [0.15, 0.2) is 30.6 Å². The molecule has 0 unspecified atom stereocenters. The smallest absolute Gasteiger partial charge is 0.120 e. The van der Waals surface area contributed by atoms with Crippen molar-refractivity contribution in [2.24, 2.45) is 0 Å². The summed E-state index contributed by atoms with van der Waals surface area (Å²) in [5, 5.41) is 13.1. The van der Waals surface area contributed by atoms with Crippen molar-refractivity contribution in [2.75, 3.05) is 13.2 Å². The summed E-state index contributed by atoms with van der Waals surface area (Å²) >= 11 is 0. The maximum Gasteiger partial charge on any atom is 0.120 e. The molecule has 1 aliphatic heterocycles. The SMILES string of the molecule is C[C@@H]1CCCOC[C@@H](C)n2cc(cn2)-c2n[nH]c3ccc(cc23)O1. The second-order valence-electron chi connectivity index (χ2n) is 6.48. The van der Waals surface area contributed by atoms with Gasteiger partial charge in [0.25, 0.3) is 0 Å². The summed E-state index contributed by atoms with van der Waals surface area (Å²) < 4.78 is 13.8. The van der Waals surface area contributed by atoms with Gasteiger partial charge in [-0.05, 0) is 44.9 Å². The highest BCUT2D eigenvalue weighted by molar-refractivity contribution is 5.93. The summed E-state index contributed by atoms with van der Waals surface area (Å²) in [5.41, 5.74) is 2.89. The van der Waals surface area contributed by atoms with E-state index in [9.17, 15) is 0 Å². The Balaban J connectivity index is 1.78. The zero-order chi connectivity index (χ0) is 16.5. The third-order valence-electron chi connectivity index (χ3n) is 4.46. The molecule has 3 heterocycles. The Labute approximate surface area is 140 Å². The lowest BCUT2D eigenvalue weighted by molar-refractivity contribution is 0.0923. The topological polar surface area (TPSA) is 65.0 Å². The fraction of sp³-hybridized carbons (Fsp3) is 0.444. The van der Waals surface area contributed by atoms with E-state index >= 15 is 0 Å². The Morgan fingerprint density at radius 1 is 1.29 bits per heavy atom. The highest BCUT2D eigenvalue weighted by Gasteiger charge is 2.15. The zero-order valence-corrected chi connectivity index (χ0v) is 14.0. The maximum absolute atomic E-state index is 6.06. The van der Waals surface area contributed by atoms with Gasteiger partial charge in [-0.15, -0.1) is 0 Å². The average molecular weight is 326 g/mol. The van der Waals surface area contributed by atoms with Crippen LogP contribution in [0.5, 0.6) is 5.75 Å². The minimum absolute atomic E-state index is 0.157. The van der Waals surface area contributed by atoms with Gasteiger partial charge in [-0.25, -0.2) is 0 Å².